The summed E-state index contributed by atoms with van der Waals surface area (Å²) < 4.78 is 16.0. The van der Waals surface area contributed by atoms with Gasteiger partial charge in [-0.2, -0.15) is 0 Å². The molecule has 0 bridgehead atoms. The van der Waals surface area contributed by atoms with Crippen LogP contribution in [0.3, 0.4) is 0 Å². The second kappa shape index (κ2) is 9.23. The largest absolute Gasteiger partial charge is 0.493 e. The van der Waals surface area contributed by atoms with Gasteiger partial charge >= 0.3 is 5.97 Å². The van der Waals surface area contributed by atoms with Crippen molar-refractivity contribution in [1.82, 2.24) is 5.32 Å². The van der Waals surface area contributed by atoms with Crippen molar-refractivity contribution in [3.8, 4) is 11.5 Å². The maximum absolute atomic E-state index is 11.9. The number of nitrogens with one attached hydrogen (secondary N) is 1. The highest BCUT2D eigenvalue weighted by atomic mass is 16.5. The van der Waals surface area contributed by atoms with Crippen LogP contribution in [0.1, 0.15) is 27.2 Å². The van der Waals surface area contributed by atoms with Crippen molar-refractivity contribution in [2.24, 2.45) is 0 Å². The first-order valence-electron chi connectivity index (χ1n) is 7.27. The molecule has 0 aliphatic rings. The lowest BCUT2D eigenvalue weighted by atomic mass is 10.2. The van der Waals surface area contributed by atoms with E-state index < -0.39 is 0 Å². The maximum Gasteiger partial charge on any atom is 0.323 e. The first kappa shape index (κ1) is 17.3. The average molecular weight is 295 g/mol. The van der Waals surface area contributed by atoms with Crippen molar-refractivity contribution in [1.29, 1.82) is 0 Å². The molecule has 0 spiro atoms. The van der Waals surface area contributed by atoms with Gasteiger partial charge in [0, 0.05) is 12.5 Å². The van der Waals surface area contributed by atoms with Crippen LogP contribution in [0.15, 0.2) is 24.3 Å². The molecule has 1 unspecified atom stereocenters. The second-order valence-corrected chi connectivity index (χ2v) is 4.91. The predicted octanol–water partition coefficient (Wildman–Crippen LogP) is 2.39. The number of hydrogen-bond donors (Lipinski definition) is 1. The summed E-state index contributed by atoms with van der Waals surface area (Å²) in [7, 11) is 1.60. The van der Waals surface area contributed by atoms with Gasteiger partial charge in [-0.25, -0.2) is 0 Å². The molecule has 0 aliphatic carbocycles. The van der Waals surface area contributed by atoms with Crippen LogP contribution >= 0.6 is 0 Å². The van der Waals surface area contributed by atoms with Crippen molar-refractivity contribution in [3.05, 3.63) is 24.3 Å². The van der Waals surface area contributed by atoms with Crippen LogP contribution in [-0.2, 0) is 9.53 Å². The smallest absolute Gasteiger partial charge is 0.323 e. The van der Waals surface area contributed by atoms with Crippen molar-refractivity contribution >= 4 is 5.97 Å². The summed E-state index contributed by atoms with van der Waals surface area (Å²) in [5.41, 5.74) is 0. The number of rotatable bonds is 9. The van der Waals surface area contributed by atoms with E-state index >= 15 is 0 Å². The molecular formula is C16H25NO4. The lowest BCUT2D eigenvalue weighted by molar-refractivity contribution is -0.146. The molecular weight excluding hydrogens is 270 g/mol. The minimum Gasteiger partial charge on any atom is -0.493 e. The van der Waals surface area contributed by atoms with Crippen LogP contribution in [0.25, 0.3) is 0 Å². The first-order valence-corrected chi connectivity index (χ1v) is 7.27. The lowest BCUT2D eigenvalue weighted by Gasteiger charge is -2.20. The van der Waals surface area contributed by atoms with Crippen LogP contribution in [0.5, 0.6) is 11.5 Å². The molecule has 1 atom stereocenters. The first-order chi connectivity index (χ1) is 10.1. The highest BCUT2D eigenvalue weighted by Crippen LogP contribution is 2.25. The van der Waals surface area contributed by atoms with Crippen LogP contribution < -0.4 is 14.8 Å². The van der Waals surface area contributed by atoms with Crippen LogP contribution in [-0.4, -0.2) is 38.4 Å². The molecule has 0 aliphatic heterocycles. The molecule has 1 rings (SSSR count). The van der Waals surface area contributed by atoms with Gasteiger partial charge in [-0.3, -0.25) is 4.79 Å². The van der Waals surface area contributed by atoms with Crippen molar-refractivity contribution in [3.63, 3.8) is 0 Å². The Morgan fingerprint density at radius 2 is 1.90 bits per heavy atom. The van der Waals surface area contributed by atoms with Gasteiger partial charge in [-0.05, 0) is 19.1 Å². The quantitative estimate of drug-likeness (QED) is 0.709. The van der Waals surface area contributed by atoms with Gasteiger partial charge in [0.1, 0.15) is 6.04 Å². The Morgan fingerprint density at radius 1 is 1.24 bits per heavy atom. The standard InChI is InChI=1S/C16H25NO4/c1-5-20-16(18)13(17-12(2)3)10-11-21-15-9-7-6-8-14(15)19-4/h6-9,12-13,17H,5,10-11H2,1-4H3. The van der Waals surface area contributed by atoms with E-state index in [-0.39, 0.29) is 18.1 Å². The Labute approximate surface area is 126 Å². The van der Waals surface area contributed by atoms with E-state index in [0.717, 1.165) is 0 Å². The van der Waals surface area contributed by atoms with Gasteiger partial charge in [0.15, 0.2) is 11.5 Å². The number of carbonyl (C=O) groups excluding carboxylic acids is 1. The summed E-state index contributed by atoms with van der Waals surface area (Å²) in [5, 5.41) is 3.19. The second-order valence-electron chi connectivity index (χ2n) is 4.91. The van der Waals surface area contributed by atoms with E-state index in [0.29, 0.717) is 31.1 Å². The summed E-state index contributed by atoms with van der Waals surface area (Å²) in [6.07, 6.45) is 0.537. The van der Waals surface area contributed by atoms with Gasteiger partial charge < -0.3 is 19.5 Å². The van der Waals surface area contributed by atoms with Crippen molar-refractivity contribution in [2.45, 2.75) is 39.3 Å². The molecule has 0 aromatic heterocycles. The molecule has 0 radical (unpaired) electrons. The topological polar surface area (TPSA) is 56.8 Å². The third kappa shape index (κ3) is 6.04. The molecule has 118 valence electrons. The van der Waals surface area contributed by atoms with E-state index in [4.69, 9.17) is 14.2 Å². The maximum atomic E-state index is 11.9. The Balaban J connectivity index is 2.54. The number of carbonyl (C=O) groups is 1. The molecule has 1 N–H and O–H groups in total. The zero-order chi connectivity index (χ0) is 15.7. The molecule has 0 saturated heterocycles. The summed E-state index contributed by atoms with van der Waals surface area (Å²) in [6.45, 7) is 6.57. The fraction of sp³-hybridized carbons (Fsp3) is 0.562. The lowest BCUT2D eigenvalue weighted by Crippen LogP contribution is -2.42. The third-order valence-electron chi connectivity index (χ3n) is 2.84. The predicted molar refractivity (Wildman–Crippen MR) is 81.8 cm³/mol. The van der Waals surface area contributed by atoms with E-state index in [1.165, 1.54) is 0 Å². The Morgan fingerprint density at radius 3 is 2.48 bits per heavy atom. The molecule has 1 aromatic carbocycles. The van der Waals surface area contributed by atoms with Crippen molar-refractivity contribution in [2.75, 3.05) is 20.3 Å². The van der Waals surface area contributed by atoms with E-state index in [2.05, 4.69) is 5.32 Å². The van der Waals surface area contributed by atoms with E-state index in [1.807, 2.05) is 38.1 Å². The minimum atomic E-state index is -0.361. The molecule has 5 heteroatoms. The molecule has 0 heterocycles. The van der Waals surface area contributed by atoms with Gasteiger partial charge in [-0.15, -0.1) is 0 Å². The SMILES string of the molecule is CCOC(=O)C(CCOc1ccccc1OC)NC(C)C. The highest BCUT2D eigenvalue weighted by molar-refractivity contribution is 5.75. The van der Waals surface area contributed by atoms with E-state index in [1.54, 1.807) is 14.0 Å². The van der Waals surface area contributed by atoms with Gasteiger partial charge in [-0.1, -0.05) is 26.0 Å². The summed E-state index contributed by atoms with van der Waals surface area (Å²) in [5.74, 6) is 1.11. The minimum absolute atomic E-state index is 0.200. The zero-order valence-corrected chi connectivity index (χ0v) is 13.2. The zero-order valence-electron chi connectivity index (χ0n) is 13.2. The molecule has 0 saturated carbocycles. The fourth-order valence-electron chi connectivity index (χ4n) is 1.94. The molecule has 21 heavy (non-hydrogen) atoms. The fourth-order valence-corrected chi connectivity index (χ4v) is 1.94. The highest BCUT2D eigenvalue weighted by Gasteiger charge is 2.20. The summed E-state index contributed by atoms with van der Waals surface area (Å²) >= 11 is 0. The number of hydrogen-bond acceptors (Lipinski definition) is 5. The molecule has 0 fully saturated rings. The number of ether oxygens (including phenoxy) is 3. The van der Waals surface area contributed by atoms with Crippen molar-refractivity contribution < 1.29 is 19.0 Å². The number of methoxy groups -OCH3 is 1. The number of para-hydroxylation sites is 2. The number of esters is 1. The molecule has 1 aromatic rings. The van der Waals surface area contributed by atoms with Gasteiger partial charge in [0.2, 0.25) is 0 Å². The van der Waals surface area contributed by atoms with Crippen LogP contribution in [0.4, 0.5) is 0 Å². The van der Waals surface area contributed by atoms with Gasteiger partial charge in [0.05, 0.1) is 20.3 Å². The third-order valence-corrected chi connectivity index (χ3v) is 2.84. The Kier molecular flexibility index (Phi) is 7.61. The normalized spacial score (nSPS) is 12.0. The Bertz CT molecular complexity index is 434. The molecule has 5 nitrogen and oxygen atoms in total. The van der Waals surface area contributed by atoms with E-state index in [9.17, 15) is 4.79 Å². The molecule has 0 amide bonds. The number of benzene rings is 1. The van der Waals surface area contributed by atoms with Crippen LogP contribution in [0, 0.1) is 0 Å². The monoisotopic (exact) mass is 295 g/mol. The van der Waals surface area contributed by atoms with Gasteiger partial charge in [0.25, 0.3) is 0 Å². The average Bonchev–Trinajstić information content (AvgIpc) is 2.46. The summed E-state index contributed by atoms with van der Waals surface area (Å²) in [6, 6.07) is 7.28. The Hall–Kier alpha value is -1.75. The van der Waals surface area contributed by atoms with Crippen LogP contribution in [0.2, 0.25) is 0 Å². The summed E-state index contributed by atoms with van der Waals surface area (Å²) in [4.78, 5) is 11.9.